The Morgan fingerprint density at radius 1 is 1.21 bits per heavy atom. The van der Waals surface area contributed by atoms with E-state index in [0.29, 0.717) is 18.1 Å². The first-order valence-corrected chi connectivity index (χ1v) is 10.4. The zero-order valence-corrected chi connectivity index (χ0v) is 17.1. The highest BCUT2D eigenvalue weighted by atomic mass is 32.2. The summed E-state index contributed by atoms with van der Waals surface area (Å²) in [6.45, 7) is 2.72. The third-order valence-electron chi connectivity index (χ3n) is 4.42. The second-order valence-electron chi connectivity index (χ2n) is 6.10. The standard InChI is InChI=1S/C18H15N7O2S2/c1-3-25-12-7-14(20-8-11(12)21-17(25)15-16(19)24-27-23-15)29-18-22-10-6-9(26-2)4-5-13(10)28-18/h4-8H,3H2,1-2H3,(H2,19,24). The molecule has 0 aliphatic heterocycles. The van der Waals surface area contributed by atoms with Gasteiger partial charge in [-0.05, 0) is 47.2 Å². The van der Waals surface area contributed by atoms with Crippen LogP contribution in [0.3, 0.4) is 0 Å². The first kappa shape index (κ1) is 17.9. The number of pyridine rings is 1. The van der Waals surface area contributed by atoms with Crippen LogP contribution in [0, 0.1) is 0 Å². The van der Waals surface area contributed by atoms with Crippen molar-refractivity contribution in [1.82, 2.24) is 29.8 Å². The Balaban J connectivity index is 1.53. The molecule has 9 nitrogen and oxygen atoms in total. The topological polar surface area (TPSA) is 118 Å². The highest BCUT2D eigenvalue weighted by Crippen LogP contribution is 2.36. The number of hydrogen-bond donors (Lipinski definition) is 1. The Morgan fingerprint density at radius 2 is 2.10 bits per heavy atom. The van der Waals surface area contributed by atoms with Gasteiger partial charge in [0.1, 0.15) is 16.3 Å². The number of hydrogen-bond acceptors (Lipinski definition) is 10. The minimum Gasteiger partial charge on any atom is -0.497 e. The number of benzene rings is 1. The number of rotatable bonds is 5. The van der Waals surface area contributed by atoms with Gasteiger partial charge in [0.05, 0.1) is 29.0 Å². The fourth-order valence-electron chi connectivity index (χ4n) is 3.06. The van der Waals surface area contributed by atoms with E-state index in [2.05, 4.69) is 25.3 Å². The largest absolute Gasteiger partial charge is 0.497 e. The predicted octanol–water partition coefficient (Wildman–Crippen LogP) is 3.85. The lowest BCUT2D eigenvalue weighted by atomic mass is 10.3. The Morgan fingerprint density at radius 3 is 2.86 bits per heavy atom. The number of ether oxygens (including phenoxy) is 1. The van der Waals surface area contributed by atoms with E-state index < -0.39 is 0 Å². The maximum Gasteiger partial charge on any atom is 0.199 e. The number of nitrogens with zero attached hydrogens (tertiary/aromatic N) is 6. The number of aromatic nitrogens is 6. The normalized spacial score (nSPS) is 11.5. The van der Waals surface area contributed by atoms with Crippen LogP contribution in [0.2, 0.25) is 0 Å². The highest BCUT2D eigenvalue weighted by Gasteiger charge is 2.19. The van der Waals surface area contributed by atoms with Crippen LogP contribution >= 0.6 is 23.1 Å². The van der Waals surface area contributed by atoms with Gasteiger partial charge in [0.15, 0.2) is 21.7 Å². The summed E-state index contributed by atoms with van der Waals surface area (Å²) in [5.74, 6) is 1.61. The summed E-state index contributed by atoms with van der Waals surface area (Å²) >= 11 is 3.13. The van der Waals surface area contributed by atoms with Crippen molar-refractivity contribution in [2.24, 2.45) is 0 Å². The third kappa shape index (κ3) is 3.08. The van der Waals surface area contributed by atoms with E-state index in [1.54, 1.807) is 24.6 Å². The molecule has 0 radical (unpaired) electrons. The lowest BCUT2D eigenvalue weighted by Gasteiger charge is -2.04. The molecule has 4 aromatic heterocycles. The number of methoxy groups -OCH3 is 1. The van der Waals surface area contributed by atoms with Crippen LogP contribution in [0.15, 0.2) is 44.5 Å². The van der Waals surface area contributed by atoms with Gasteiger partial charge < -0.3 is 15.0 Å². The molecule has 0 atom stereocenters. The summed E-state index contributed by atoms with van der Waals surface area (Å²) in [6.07, 6.45) is 1.74. The summed E-state index contributed by atoms with van der Waals surface area (Å²) in [4.78, 5) is 13.8. The van der Waals surface area contributed by atoms with Gasteiger partial charge in [0, 0.05) is 12.6 Å². The van der Waals surface area contributed by atoms with Crippen LogP contribution in [0.25, 0.3) is 32.8 Å². The molecule has 1 aromatic carbocycles. The number of aryl methyl sites for hydroxylation is 1. The van der Waals surface area contributed by atoms with Crippen molar-refractivity contribution < 1.29 is 9.37 Å². The van der Waals surface area contributed by atoms with Crippen molar-refractivity contribution in [3.05, 3.63) is 30.5 Å². The molecule has 29 heavy (non-hydrogen) atoms. The van der Waals surface area contributed by atoms with E-state index >= 15 is 0 Å². The molecule has 5 aromatic rings. The van der Waals surface area contributed by atoms with E-state index in [1.165, 1.54) is 11.8 Å². The summed E-state index contributed by atoms with van der Waals surface area (Å²) in [5, 5.41) is 8.36. The molecule has 2 N–H and O–H groups in total. The Kier molecular flexibility index (Phi) is 4.32. The SMILES string of the molecule is CCn1c(-c2nonc2N)nc2cnc(Sc3nc4cc(OC)ccc4s3)cc21. The van der Waals surface area contributed by atoms with Gasteiger partial charge in [-0.15, -0.1) is 11.3 Å². The summed E-state index contributed by atoms with van der Waals surface area (Å²) in [5.41, 5.74) is 8.88. The zero-order valence-electron chi connectivity index (χ0n) is 15.5. The van der Waals surface area contributed by atoms with Gasteiger partial charge in [-0.1, -0.05) is 0 Å². The van der Waals surface area contributed by atoms with E-state index in [1.807, 2.05) is 35.8 Å². The molecular formula is C18H15N7O2S2. The van der Waals surface area contributed by atoms with Crippen molar-refractivity contribution in [3.63, 3.8) is 0 Å². The second-order valence-corrected chi connectivity index (χ2v) is 8.40. The minimum atomic E-state index is 0.211. The fourth-order valence-corrected chi connectivity index (χ4v) is 5.03. The van der Waals surface area contributed by atoms with Gasteiger partial charge in [0.2, 0.25) is 0 Å². The Labute approximate surface area is 172 Å². The summed E-state index contributed by atoms with van der Waals surface area (Å²) in [6, 6.07) is 7.88. The molecule has 0 saturated heterocycles. The van der Waals surface area contributed by atoms with Crippen molar-refractivity contribution in [2.75, 3.05) is 12.8 Å². The van der Waals surface area contributed by atoms with Gasteiger partial charge in [-0.2, -0.15) is 0 Å². The maximum absolute atomic E-state index is 5.85. The second kappa shape index (κ2) is 7.01. The third-order valence-corrected chi connectivity index (χ3v) is 6.45. The van der Waals surface area contributed by atoms with Gasteiger partial charge in [0.25, 0.3) is 0 Å². The minimum absolute atomic E-state index is 0.211. The van der Waals surface area contributed by atoms with Crippen LogP contribution < -0.4 is 10.5 Å². The molecule has 0 aliphatic carbocycles. The van der Waals surface area contributed by atoms with Gasteiger partial charge in [-0.25, -0.2) is 19.6 Å². The summed E-state index contributed by atoms with van der Waals surface area (Å²) in [7, 11) is 1.65. The van der Waals surface area contributed by atoms with Crippen LogP contribution in [0.4, 0.5) is 5.82 Å². The average Bonchev–Trinajstić information content (AvgIpc) is 3.42. The molecule has 0 bridgehead atoms. The number of thiazole rings is 1. The number of nitrogen functional groups attached to an aromatic ring is 1. The van der Waals surface area contributed by atoms with Crippen LogP contribution in [0.5, 0.6) is 5.75 Å². The molecule has 0 saturated carbocycles. The Hall–Kier alpha value is -3.18. The fraction of sp³-hybridized carbons (Fsp3) is 0.167. The van der Waals surface area contributed by atoms with Gasteiger partial charge in [-0.3, -0.25) is 0 Å². The van der Waals surface area contributed by atoms with E-state index in [4.69, 9.17) is 15.1 Å². The van der Waals surface area contributed by atoms with E-state index in [-0.39, 0.29) is 5.82 Å². The Bertz CT molecular complexity index is 1340. The molecular weight excluding hydrogens is 410 g/mol. The lowest BCUT2D eigenvalue weighted by molar-refractivity contribution is 0.310. The molecule has 4 heterocycles. The molecule has 146 valence electrons. The first-order valence-electron chi connectivity index (χ1n) is 8.73. The smallest absolute Gasteiger partial charge is 0.199 e. The number of imidazole rings is 1. The zero-order chi connectivity index (χ0) is 20.0. The van der Waals surface area contributed by atoms with Crippen LogP contribution in [-0.2, 0) is 6.54 Å². The molecule has 0 spiro atoms. The lowest BCUT2D eigenvalue weighted by Crippen LogP contribution is -2.00. The van der Waals surface area contributed by atoms with Crippen molar-refractivity contribution in [3.8, 4) is 17.3 Å². The van der Waals surface area contributed by atoms with E-state index in [0.717, 1.165) is 36.4 Å². The molecule has 0 unspecified atom stereocenters. The van der Waals surface area contributed by atoms with Crippen LogP contribution in [-0.4, -0.2) is 36.9 Å². The molecule has 0 aliphatic rings. The number of nitrogens with two attached hydrogens (primary N) is 1. The predicted molar refractivity (Wildman–Crippen MR) is 111 cm³/mol. The average molecular weight is 425 g/mol. The maximum atomic E-state index is 5.85. The summed E-state index contributed by atoms with van der Waals surface area (Å²) < 4.78 is 14.0. The van der Waals surface area contributed by atoms with Crippen molar-refractivity contribution in [1.29, 1.82) is 0 Å². The molecule has 5 rings (SSSR count). The molecule has 0 amide bonds. The van der Waals surface area contributed by atoms with Crippen molar-refractivity contribution in [2.45, 2.75) is 22.8 Å². The highest BCUT2D eigenvalue weighted by molar-refractivity contribution is 8.01. The first-order chi connectivity index (χ1) is 14.2. The molecule has 0 fully saturated rings. The van der Waals surface area contributed by atoms with Crippen molar-refractivity contribution >= 4 is 50.2 Å². The number of fused-ring (bicyclic) bond motifs is 2. The quantitative estimate of drug-likeness (QED) is 0.448. The number of anilines is 1. The van der Waals surface area contributed by atoms with Crippen LogP contribution in [0.1, 0.15) is 6.92 Å². The molecule has 11 heteroatoms. The van der Waals surface area contributed by atoms with Gasteiger partial charge >= 0.3 is 0 Å². The van der Waals surface area contributed by atoms with E-state index in [9.17, 15) is 0 Å². The monoisotopic (exact) mass is 425 g/mol.